The Morgan fingerprint density at radius 1 is 1.08 bits per heavy atom. The van der Waals surface area contributed by atoms with Crippen LogP contribution in [-0.2, 0) is 17.7 Å². The van der Waals surface area contributed by atoms with Gasteiger partial charge < -0.3 is 19.9 Å². The number of benzene rings is 1. The van der Waals surface area contributed by atoms with Crippen molar-refractivity contribution in [1.29, 1.82) is 0 Å². The van der Waals surface area contributed by atoms with Gasteiger partial charge in [-0.25, -0.2) is 4.98 Å². The number of fused-ring (bicyclic) bond motifs is 2. The smallest absolute Gasteiger partial charge is 0.254 e. The molecule has 36 heavy (non-hydrogen) atoms. The topological polar surface area (TPSA) is 83.1 Å². The second kappa shape index (κ2) is 9.15. The predicted octanol–water partition coefficient (Wildman–Crippen LogP) is 4.41. The Bertz CT molecular complexity index is 1450. The molecule has 2 aliphatic rings. The summed E-state index contributed by atoms with van der Waals surface area (Å²) in [6, 6.07) is 10.6. The molecule has 0 unspecified atom stereocenters. The van der Waals surface area contributed by atoms with Crippen LogP contribution in [-0.4, -0.2) is 52.1 Å². The molecule has 1 atom stereocenters. The molecule has 2 N–H and O–H groups in total. The van der Waals surface area contributed by atoms with E-state index >= 15 is 0 Å². The molecule has 5 heterocycles. The van der Waals surface area contributed by atoms with Crippen LogP contribution in [0.3, 0.4) is 0 Å². The van der Waals surface area contributed by atoms with Gasteiger partial charge in [0.15, 0.2) is 0 Å². The SMILES string of the molecule is Cc1cc(C(=O)N2CCc3cc(-c4cnc5[nH]cc(C)c5c4)cc([C@@H]4COCCN4)c3C2)cc(C)n1. The zero-order valence-electron chi connectivity index (χ0n) is 21.0. The van der Waals surface area contributed by atoms with Crippen molar-refractivity contribution in [3.63, 3.8) is 0 Å². The lowest BCUT2D eigenvalue weighted by molar-refractivity contribution is 0.0715. The third-order valence-corrected chi connectivity index (χ3v) is 7.36. The monoisotopic (exact) mass is 481 g/mol. The molecule has 6 rings (SSSR count). The summed E-state index contributed by atoms with van der Waals surface area (Å²) >= 11 is 0. The molecule has 7 heteroatoms. The maximum absolute atomic E-state index is 13.5. The predicted molar refractivity (Wildman–Crippen MR) is 140 cm³/mol. The minimum absolute atomic E-state index is 0.0646. The molecule has 7 nitrogen and oxygen atoms in total. The number of aromatic nitrogens is 3. The highest BCUT2D eigenvalue weighted by Crippen LogP contribution is 2.35. The number of ether oxygens (including phenoxy) is 1. The Labute approximate surface area is 210 Å². The lowest BCUT2D eigenvalue weighted by atomic mass is 9.87. The first kappa shape index (κ1) is 22.9. The highest BCUT2D eigenvalue weighted by Gasteiger charge is 2.28. The number of amides is 1. The van der Waals surface area contributed by atoms with E-state index in [4.69, 9.17) is 4.74 Å². The van der Waals surface area contributed by atoms with Crippen molar-refractivity contribution in [2.75, 3.05) is 26.3 Å². The minimum Gasteiger partial charge on any atom is -0.378 e. The van der Waals surface area contributed by atoms with Crippen molar-refractivity contribution < 1.29 is 9.53 Å². The normalized spacial score (nSPS) is 17.9. The summed E-state index contributed by atoms with van der Waals surface area (Å²) in [5.74, 6) is 0.0646. The van der Waals surface area contributed by atoms with Gasteiger partial charge in [-0.2, -0.15) is 0 Å². The number of H-pyrrole nitrogens is 1. The van der Waals surface area contributed by atoms with E-state index < -0.39 is 0 Å². The molecule has 0 aliphatic carbocycles. The highest BCUT2D eigenvalue weighted by molar-refractivity contribution is 5.94. The van der Waals surface area contributed by atoms with Gasteiger partial charge in [0.05, 0.1) is 19.3 Å². The third kappa shape index (κ3) is 4.18. The molecule has 1 amide bonds. The second-order valence-corrected chi connectivity index (χ2v) is 9.99. The van der Waals surface area contributed by atoms with Crippen LogP contribution in [0.25, 0.3) is 22.2 Å². The summed E-state index contributed by atoms with van der Waals surface area (Å²) < 4.78 is 5.84. The molecular formula is C29H31N5O2. The number of carbonyl (C=O) groups excluding carboxylic acids is 1. The summed E-state index contributed by atoms with van der Waals surface area (Å²) in [5, 5.41) is 4.78. The fourth-order valence-corrected chi connectivity index (χ4v) is 5.55. The first-order chi connectivity index (χ1) is 17.5. The van der Waals surface area contributed by atoms with Gasteiger partial charge in [-0.1, -0.05) is 6.07 Å². The van der Waals surface area contributed by atoms with Crippen molar-refractivity contribution in [3.8, 4) is 11.1 Å². The Kier molecular flexibility index (Phi) is 5.82. The molecule has 4 aromatic rings. The maximum Gasteiger partial charge on any atom is 0.254 e. The molecule has 0 spiro atoms. The average Bonchev–Trinajstić information content (AvgIpc) is 3.27. The highest BCUT2D eigenvalue weighted by atomic mass is 16.5. The van der Waals surface area contributed by atoms with E-state index in [1.807, 2.05) is 43.3 Å². The second-order valence-electron chi connectivity index (χ2n) is 9.99. The van der Waals surface area contributed by atoms with E-state index in [9.17, 15) is 4.79 Å². The quantitative estimate of drug-likeness (QED) is 0.453. The van der Waals surface area contributed by atoms with Crippen LogP contribution in [0, 0.1) is 20.8 Å². The van der Waals surface area contributed by atoms with E-state index in [1.165, 1.54) is 22.3 Å². The van der Waals surface area contributed by atoms with Gasteiger partial charge in [-0.05, 0) is 79.3 Å². The first-order valence-corrected chi connectivity index (χ1v) is 12.6. The minimum atomic E-state index is 0.0646. The number of nitrogens with zero attached hydrogens (tertiary/aromatic N) is 3. The number of hydrogen-bond acceptors (Lipinski definition) is 5. The van der Waals surface area contributed by atoms with Gasteiger partial charge in [-0.15, -0.1) is 0 Å². The Hall–Kier alpha value is -3.55. The number of carbonyl (C=O) groups is 1. The van der Waals surface area contributed by atoms with Crippen molar-refractivity contribution >= 4 is 16.9 Å². The largest absolute Gasteiger partial charge is 0.378 e. The van der Waals surface area contributed by atoms with E-state index in [0.29, 0.717) is 25.3 Å². The van der Waals surface area contributed by atoms with Crippen LogP contribution < -0.4 is 5.32 Å². The van der Waals surface area contributed by atoms with Crippen molar-refractivity contribution in [1.82, 2.24) is 25.2 Å². The zero-order valence-corrected chi connectivity index (χ0v) is 21.0. The summed E-state index contributed by atoms with van der Waals surface area (Å²) in [5.41, 5.74) is 10.6. The molecule has 1 saturated heterocycles. The average molecular weight is 482 g/mol. The van der Waals surface area contributed by atoms with Gasteiger partial charge in [0.25, 0.3) is 5.91 Å². The molecule has 184 valence electrons. The van der Waals surface area contributed by atoms with Crippen LogP contribution in [0.1, 0.15) is 50.0 Å². The van der Waals surface area contributed by atoms with E-state index in [2.05, 4.69) is 45.4 Å². The van der Waals surface area contributed by atoms with Gasteiger partial charge >= 0.3 is 0 Å². The first-order valence-electron chi connectivity index (χ1n) is 12.6. The maximum atomic E-state index is 13.5. The fourth-order valence-electron chi connectivity index (χ4n) is 5.55. The van der Waals surface area contributed by atoms with Crippen LogP contribution >= 0.6 is 0 Å². The number of morpholine rings is 1. The van der Waals surface area contributed by atoms with Crippen LogP contribution in [0.15, 0.2) is 42.7 Å². The number of aryl methyl sites for hydroxylation is 3. The van der Waals surface area contributed by atoms with Crippen molar-refractivity contribution in [2.45, 2.75) is 39.8 Å². The lowest BCUT2D eigenvalue weighted by Crippen LogP contribution is -2.39. The molecular weight excluding hydrogens is 450 g/mol. The van der Waals surface area contributed by atoms with E-state index in [1.54, 1.807) is 0 Å². The molecule has 3 aromatic heterocycles. The molecule has 1 fully saturated rings. The van der Waals surface area contributed by atoms with Gasteiger partial charge in [0, 0.05) is 59.9 Å². The molecule has 1 aromatic carbocycles. The summed E-state index contributed by atoms with van der Waals surface area (Å²) in [6.45, 7) is 9.42. The summed E-state index contributed by atoms with van der Waals surface area (Å²) in [7, 11) is 0. The number of rotatable bonds is 3. The molecule has 0 bridgehead atoms. The Morgan fingerprint density at radius 2 is 1.92 bits per heavy atom. The fraction of sp³-hybridized carbons (Fsp3) is 0.345. The molecule has 0 radical (unpaired) electrons. The molecule has 0 saturated carbocycles. The summed E-state index contributed by atoms with van der Waals surface area (Å²) in [4.78, 5) is 27.8. The molecule has 2 aliphatic heterocycles. The Morgan fingerprint density at radius 3 is 2.69 bits per heavy atom. The van der Waals surface area contributed by atoms with Crippen molar-refractivity contribution in [3.05, 3.63) is 81.9 Å². The third-order valence-electron chi connectivity index (χ3n) is 7.36. The van der Waals surface area contributed by atoms with Crippen molar-refractivity contribution in [2.24, 2.45) is 0 Å². The van der Waals surface area contributed by atoms with Gasteiger partial charge in [0.2, 0.25) is 0 Å². The number of pyridine rings is 2. The summed E-state index contributed by atoms with van der Waals surface area (Å²) in [6.07, 6.45) is 4.76. The van der Waals surface area contributed by atoms with Gasteiger partial charge in [0.1, 0.15) is 5.65 Å². The number of hydrogen-bond donors (Lipinski definition) is 2. The van der Waals surface area contributed by atoms with E-state index in [-0.39, 0.29) is 11.9 Å². The van der Waals surface area contributed by atoms with Gasteiger partial charge in [-0.3, -0.25) is 9.78 Å². The standard InChI is InChI=1S/C29H31N5O2/c1-17-13-31-28-24(17)12-23(14-32-28)21-10-20-4-6-34(29(35)22-8-18(2)33-19(3)9-22)15-26(20)25(11-21)27-16-36-7-5-30-27/h8-14,27,30H,4-7,15-16H2,1-3H3,(H,31,32)/t27-/m0/s1. The van der Waals surface area contributed by atoms with E-state index in [0.717, 1.165) is 53.1 Å². The number of aromatic amines is 1. The number of nitrogens with one attached hydrogen (secondary N) is 2. The Balaban J connectivity index is 1.40. The van der Waals surface area contributed by atoms with Crippen LogP contribution in [0.5, 0.6) is 0 Å². The zero-order chi connectivity index (χ0) is 24.8. The van der Waals surface area contributed by atoms with Crippen LogP contribution in [0.2, 0.25) is 0 Å². The van der Waals surface area contributed by atoms with Crippen LogP contribution in [0.4, 0.5) is 0 Å². The lowest BCUT2D eigenvalue weighted by Gasteiger charge is -2.34.